The van der Waals surface area contributed by atoms with Crippen LogP contribution >= 0.6 is 35.6 Å². The first-order chi connectivity index (χ1) is 13.9. The van der Waals surface area contributed by atoms with Gasteiger partial charge in [-0.3, -0.25) is 14.7 Å². The zero-order valence-electron chi connectivity index (χ0n) is 16.0. The lowest BCUT2D eigenvalue weighted by Gasteiger charge is -2.13. The van der Waals surface area contributed by atoms with Crippen LogP contribution < -0.4 is 4.90 Å². The van der Waals surface area contributed by atoms with Crippen molar-refractivity contribution < 1.29 is 4.79 Å². The van der Waals surface area contributed by atoms with Crippen LogP contribution in [0.4, 0.5) is 5.69 Å². The van der Waals surface area contributed by atoms with Gasteiger partial charge in [-0.1, -0.05) is 47.7 Å². The number of aromatic nitrogens is 3. The fourth-order valence-electron chi connectivity index (χ4n) is 3.09. The maximum Gasteiger partial charge on any atom is 0.270 e. The molecule has 0 radical (unpaired) electrons. The van der Waals surface area contributed by atoms with Gasteiger partial charge >= 0.3 is 0 Å². The number of hydrogen-bond donors (Lipinski definition) is 0. The van der Waals surface area contributed by atoms with Gasteiger partial charge < -0.3 is 0 Å². The summed E-state index contributed by atoms with van der Waals surface area (Å²) in [5, 5.41) is 5.07. The normalized spacial score (nSPS) is 15.6. The predicted molar refractivity (Wildman–Crippen MR) is 123 cm³/mol. The summed E-state index contributed by atoms with van der Waals surface area (Å²) in [6.45, 7) is 5.92. The lowest BCUT2D eigenvalue weighted by Crippen LogP contribution is -2.27. The molecule has 5 nitrogen and oxygen atoms in total. The number of amides is 1. The first kappa shape index (κ1) is 19.8. The molecule has 146 valence electrons. The summed E-state index contributed by atoms with van der Waals surface area (Å²) in [6, 6.07) is 9.70. The van der Waals surface area contributed by atoms with E-state index in [-0.39, 0.29) is 5.91 Å². The summed E-state index contributed by atoms with van der Waals surface area (Å²) < 4.78 is 2.18. The second-order valence-corrected chi connectivity index (χ2v) is 8.75. The van der Waals surface area contributed by atoms with Gasteiger partial charge in [0.25, 0.3) is 5.91 Å². The number of carbonyl (C=O) groups is 1. The van der Waals surface area contributed by atoms with Crippen LogP contribution in [0.5, 0.6) is 0 Å². The SMILES string of the molecule is Cc1ccc(C)c(-n2nc(C)c(/C=C3\SC(=S)N(c4cccnc4)C3=O)c2Cl)c1. The van der Waals surface area contributed by atoms with Crippen LogP contribution in [-0.2, 0) is 4.79 Å². The number of aryl methyl sites for hydroxylation is 3. The smallest absolute Gasteiger partial charge is 0.268 e. The minimum atomic E-state index is -0.192. The summed E-state index contributed by atoms with van der Waals surface area (Å²) in [5.74, 6) is -0.192. The molecule has 29 heavy (non-hydrogen) atoms. The minimum Gasteiger partial charge on any atom is -0.268 e. The Balaban J connectivity index is 1.74. The van der Waals surface area contributed by atoms with Gasteiger partial charge in [-0.05, 0) is 56.2 Å². The molecule has 0 bridgehead atoms. The van der Waals surface area contributed by atoms with Crippen LogP contribution in [0, 0.1) is 20.8 Å². The molecule has 3 heterocycles. The number of hydrogen-bond acceptors (Lipinski definition) is 5. The third kappa shape index (κ3) is 3.61. The number of thioether (sulfide) groups is 1. The molecule has 8 heteroatoms. The van der Waals surface area contributed by atoms with Crippen molar-refractivity contribution in [3.8, 4) is 5.69 Å². The van der Waals surface area contributed by atoms with Crippen LogP contribution in [0.2, 0.25) is 5.15 Å². The molecule has 0 unspecified atom stereocenters. The number of carbonyl (C=O) groups excluding carboxylic acids is 1. The number of pyridine rings is 1. The molecule has 1 amide bonds. The van der Waals surface area contributed by atoms with Gasteiger partial charge in [-0.2, -0.15) is 5.10 Å². The van der Waals surface area contributed by atoms with Crippen molar-refractivity contribution >= 4 is 57.6 Å². The maximum absolute atomic E-state index is 13.0. The molecule has 1 fully saturated rings. The molecular weight excluding hydrogens is 424 g/mol. The highest BCUT2D eigenvalue weighted by Gasteiger charge is 2.34. The lowest BCUT2D eigenvalue weighted by atomic mass is 10.1. The van der Waals surface area contributed by atoms with Crippen molar-refractivity contribution in [2.75, 3.05) is 4.90 Å². The van der Waals surface area contributed by atoms with E-state index in [9.17, 15) is 4.79 Å². The van der Waals surface area contributed by atoms with E-state index >= 15 is 0 Å². The quantitative estimate of drug-likeness (QED) is 0.411. The number of benzene rings is 1. The predicted octanol–water partition coefficient (Wildman–Crippen LogP) is 5.25. The van der Waals surface area contributed by atoms with Crippen molar-refractivity contribution in [2.45, 2.75) is 20.8 Å². The third-order valence-corrected chi connectivity index (χ3v) is 6.28. The van der Waals surface area contributed by atoms with E-state index < -0.39 is 0 Å². The van der Waals surface area contributed by atoms with E-state index in [4.69, 9.17) is 23.8 Å². The van der Waals surface area contributed by atoms with Crippen LogP contribution in [0.25, 0.3) is 11.8 Å². The molecule has 0 saturated carbocycles. The van der Waals surface area contributed by atoms with E-state index in [1.165, 1.54) is 16.7 Å². The zero-order valence-corrected chi connectivity index (χ0v) is 18.4. The summed E-state index contributed by atoms with van der Waals surface area (Å²) >= 11 is 13.3. The van der Waals surface area contributed by atoms with Gasteiger partial charge in [0, 0.05) is 11.8 Å². The maximum atomic E-state index is 13.0. The van der Waals surface area contributed by atoms with Gasteiger partial charge in [-0.15, -0.1) is 0 Å². The molecule has 0 aliphatic carbocycles. The van der Waals surface area contributed by atoms with Crippen molar-refractivity contribution in [3.63, 3.8) is 0 Å². The third-order valence-electron chi connectivity index (χ3n) is 4.61. The van der Waals surface area contributed by atoms with Crippen LogP contribution in [-0.4, -0.2) is 25.0 Å². The fourth-order valence-corrected chi connectivity index (χ4v) is 4.69. The highest BCUT2D eigenvalue weighted by Crippen LogP contribution is 2.37. The first-order valence-electron chi connectivity index (χ1n) is 8.87. The van der Waals surface area contributed by atoms with Gasteiger partial charge in [0.2, 0.25) is 0 Å². The second kappa shape index (κ2) is 7.74. The monoisotopic (exact) mass is 440 g/mol. The summed E-state index contributed by atoms with van der Waals surface area (Å²) in [4.78, 5) is 19.0. The largest absolute Gasteiger partial charge is 0.270 e. The van der Waals surface area contributed by atoms with E-state index in [0.29, 0.717) is 25.6 Å². The molecule has 1 aromatic carbocycles. The Bertz CT molecular complexity index is 1170. The Morgan fingerprint density at radius 3 is 2.72 bits per heavy atom. The Morgan fingerprint density at radius 1 is 1.21 bits per heavy atom. The highest BCUT2D eigenvalue weighted by atomic mass is 35.5. The van der Waals surface area contributed by atoms with Crippen molar-refractivity contribution in [1.82, 2.24) is 14.8 Å². The van der Waals surface area contributed by atoms with E-state index in [0.717, 1.165) is 22.5 Å². The number of halogens is 1. The molecule has 1 aliphatic rings. The van der Waals surface area contributed by atoms with Crippen LogP contribution in [0.3, 0.4) is 0 Å². The molecule has 2 aromatic heterocycles. The zero-order chi connectivity index (χ0) is 20.7. The Hall–Kier alpha value is -2.48. The molecule has 1 saturated heterocycles. The van der Waals surface area contributed by atoms with Gasteiger partial charge in [-0.25, -0.2) is 4.68 Å². The van der Waals surface area contributed by atoms with Crippen molar-refractivity contribution in [2.24, 2.45) is 0 Å². The molecule has 0 atom stereocenters. The standard InChI is InChI=1S/C21H17ClN4OS2/c1-12-6-7-13(2)17(9-12)26-19(22)16(14(3)24-26)10-18-20(27)25(21(28)29-18)15-5-4-8-23-11-15/h4-11H,1-3H3/b18-10-. The first-order valence-corrected chi connectivity index (χ1v) is 10.5. The van der Waals surface area contributed by atoms with Crippen LogP contribution in [0.1, 0.15) is 22.4 Å². The van der Waals surface area contributed by atoms with E-state index in [2.05, 4.69) is 10.1 Å². The van der Waals surface area contributed by atoms with Crippen LogP contribution in [0.15, 0.2) is 47.6 Å². The number of rotatable bonds is 3. The van der Waals surface area contributed by atoms with Gasteiger partial charge in [0.15, 0.2) is 4.32 Å². The molecule has 3 aromatic rings. The van der Waals surface area contributed by atoms with E-state index in [1.54, 1.807) is 35.3 Å². The molecule has 1 aliphatic heterocycles. The Morgan fingerprint density at radius 2 is 2.00 bits per heavy atom. The van der Waals surface area contributed by atoms with E-state index in [1.807, 2.05) is 39.0 Å². The second-order valence-electron chi connectivity index (χ2n) is 6.72. The number of anilines is 1. The number of nitrogens with zero attached hydrogens (tertiary/aromatic N) is 4. The summed E-state index contributed by atoms with van der Waals surface area (Å²) in [7, 11) is 0. The average molecular weight is 441 g/mol. The van der Waals surface area contributed by atoms with Gasteiger partial charge in [0.05, 0.1) is 28.2 Å². The van der Waals surface area contributed by atoms with Crippen molar-refractivity contribution in [3.05, 3.63) is 75.2 Å². The lowest BCUT2D eigenvalue weighted by molar-refractivity contribution is -0.113. The highest BCUT2D eigenvalue weighted by molar-refractivity contribution is 8.27. The molecule has 4 rings (SSSR count). The molecule has 0 N–H and O–H groups in total. The number of thiocarbonyl (C=S) groups is 1. The molecule has 0 spiro atoms. The fraction of sp³-hybridized carbons (Fsp3) is 0.143. The Labute approximate surface area is 183 Å². The van der Waals surface area contributed by atoms with Crippen molar-refractivity contribution in [1.29, 1.82) is 0 Å². The summed E-state index contributed by atoms with van der Waals surface area (Å²) in [6.07, 6.45) is 5.04. The average Bonchev–Trinajstić information content (AvgIpc) is 3.14. The molecular formula is C21H17ClN4OS2. The topological polar surface area (TPSA) is 51.0 Å². The van der Waals surface area contributed by atoms with Gasteiger partial charge in [0.1, 0.15) is 5.15 Å². The minimum absolute atomic E-state index is 0.192. The summed E-state index contributed by atoms with van der Waals surface area (Å²) in [5.41, 5.74) is 5.19. The Kier molecular flexibility index (Phi) is 5.29.